The van der Waals surface area contributed by atoms with Gasteiger partial charge in [-0.05, 0) is 18.7 Å². The molecule has 0 bridgehead atoms. The van der Waals surface area contributed by atoms with Gasteiger partial charge in [0.1, 0.15) is 5.82 Å². The molecular weight excluding hydrogens is 302 g/mol. The molecule has 0 saturated heterocycles. The van der Waals surface area contributed by atoms with Crippen LogP contribution in [-0.2, 0) is 6.54 Å². The summed E-state index contributed by atoms with van der Waals surface area (Å²) in [7, 11) is 0. The maximum absolute atomic E-state index is 6.18. The van der Waals surface area contributed by atoms with Crippen LogP contribution in [0.5, 0.6) is 0 Å². The summed E-state index contributed by atoms with van der Waals surface area (Å²) in [5, 5.41) is 3.93. The van der Waals surface area contributed by atoms with Gasteiger partial charge in [0.2, 0.25) is 0 Å². The van der Waals surface area contributed by atoms with Crippen LogP contribution in [0, 0.1) is 0 Å². The number of rotatable bonds is 4. The largest absolute Gasteiger partial charge is 0.341 e. The lowest BCUT2D eigenvalue weighted by atomic mass is 10.2. The Labute approximate surface area is 114 Å². The second-order valence-electron chi connectivity index (χ2n) is 3.65. The minimum Gasteiger partial charge on any atom is -0.341 e. The predicted octanol–water partition coefficient (Wildman–Crippen LogP) is 3.60. The summed E-state index contributed by atoms with van der Waals surface area (Å²) in [5.41, 5.74) is 1.90. The van der Waals surface area contributed by atoms with Crippen LogP contribution in [0.1, 0.15) is 12.7 Å². The van der Waals surface area contributed by atoms with Gasteiger partial charge in [0.25, 0.3) is 0 Å². The molecule has 0 spiro atoms. The van der Waals surface area contributed by atoms with E-state index in [-0.39, 0.29) is 0 Å². The van der Waals surface area contributed by atoms with Crippen molar-refractivity contribution in [2.45, 2.75) is 13.5 Å². The number of H-pyrrole nitrogens is 1. The molecule has 0 aliphatic carbocycles. The molecule has 0 aliphatic heterocycles. The Morgan fingerprint density at radius 1 is 1.47 bits per heavy atom. The fraction of sp³-hybridized carbons (Fsp3) is 0.250. The van der Waals surface area contributed by atoms with Crippen molar-refractivity contribution in [3.05, 3.63) is 39.7 Å². The molecule has 1 aromatic heterocycles. The van der Waals surface area contributed by atoms with Crippen molar-refractivity contribution in [2.75, 3.05) is 6.54 Å². The first kappa shape index (κ1) is 12.6. The Hall–Kier alpha value is -0.840. The van der Waals surface area contributed by atoms with Gasteiger partial charge in [-0.3, -0.25) is 0 Å². The lowest BCUT2D eigenvalue weighted by Gasteiger charge is -2.02. The summed E-state index contributed by atoms with van der Waals surface area (Å²) >= 11 is 9.57. The van der Waals surface area contributed by atoms with E-state index in [9.17, 15) is 0 Å². The molecule has 2 rings (SSSR count). The predicted molar refractivity (Wildman–Crippen MR) is 74.1 cm³/mol. The highest BCUT2D eigenvalue weighted by Gasteiger charge is 2.07. The first-order valence-electron chi connectivity index (χ1n) is 5.40. The van der Waals surface area contributed by atoms with Gasteiger partial charge in [-0.25, -0.2) is 4.98 Å². The van der Waals surface area contributed by atoms with E-state index in [0.717, 1.165) is 34.6 Å². The second kappa shape index (κ2) is 5.67. The molecule has 0 radical (unpaired) electrons. The zero-order valence-electron chi connectivity index (χ0n) is 9.43. The summed E-state index contributed by atoms with van der Waals surface area (Å²) in [5.74, 6) is 0.917. The summed E-state index contributed by atoms with van der Waals surface area (Å²) in [6.07, 6.45) is 1.81. The minimum atomic E-state index is 0.707. The van der Waals surface area contributed by atoms with Gasteiger partial charge in [0, 0.05) is 10.0 Å². The van der Waals surface area contributed by atoms with Crippen molar-refractivity contribution in [1.82, 2.24) is 15.3 Å². The van der Waals surface area contributed by atoms with Crippen molar-refractivity contribution in [1.29, 1.82) is 0 Å². The molecule has 0 unspecified atom stereocenters. The van der Waals surface area contributed by atoms with Gasteiger partial charge in [-0.15, -0.1) is 0 Å². The Kier molecular flexibility index (Phi) is 4.20. The number of imidazole rings is 1. The van der Waals surface area contributed by atoms with Crippen LogP contribution in [0.4, 0.5) is 0 Å². The van der Waals surface area contributed by atoms with Crippen molar-refractivity contribution in [3.63, 3.8) is 0 Å². The molecule has 1 aromatic carbocycles. The first-order chi connectivity index (χ1) is 8.20. The molecule has 0 saturated carbocycles. The summed E-state index contributed by atoms with van der Waals surface area (Å²) in [4.78, 5) is 7.56. The van der Waals surface area contributed by atoms with Crippen molar-refractivity contribution in [2.24, 2.45) is 0 Å². The number of aromatic amines is 1. The second-order valence-corrected chi connectivity index (χ2v) is 4.97. The Balaban J connectivity index is 2.24. The van der Waals surface area contributed by atoms with E-state index in [1.165, 1.54) is 0 Å². The number of benzene rings is 1. The van der Waals surface area contributed by atoms with E-state index in [0.29, 0.717) is 5.02 Å². The lowest BCUT2D eigenvalue weighted by molar-refractivity contribution is 0.698. The normalized spacial score (nSPS) is 10.8. The number of aromatic nitrogens is 2. The third-order valence-corrected chi connectivity index (χ3v) is 3.20. The zero-order chi connectivity index (χ0) is 12.3. The SMILES string of the molecule is CCNCc1ncc(-c2ccc(Br)cc2Cl)[nH]1. The number of halogens is 2. The van der Waals surface area contributed by atoms with Crippen molar-refractivity contribution >= 4 is 27.5 Å². The maximum atomic E-state index is 6.18. The molecular formula is C12H13BrClN3. The molecule has 2 aromatic rings. The number of nitrogens with zero attached hydrogens (tertiary/aromatic N) is 1. The smallest absolute Gasteiger partial charge is 0.120 e. The fourth-order valence-corrected chi connectivity index (χ4v) is 2.32. The van der Waals surface area contributed by atoms with Crippen LogP contribution < -0.4 is 5.32 Å². The van der Waals surface area contributed by atoms with Crippen molar-refractivity contribution in [3.8, 4) is 11.3 Å². The number of nitrogens with one attached hydrogen (secondary N) is 2. The molecule has 0 amide bonds. The summed E-state index contributed by atoms with van der Waals surface area (Å²) < 4.78 is 0.971. The van der Waals surface area contributed by atoms with Gasteiger partial charge in [0.15, 0.2) is 0 Å². The molecule has 90 valence electrons. The quantitative estimate of drug-likeness (QED) is 0.905. The molecule has 17 heavy (non-hydrogen) atoms. The van der Waals surface area contributed by atoms with Crippen LogP contribution in [-0.4, -0.2) is 16.5 Å². The maximum Gasteiger partial charge on any atom is 0.120 e. The number of hydrogen-bond donors (Lipinski definition) is 2. The molecule has 5 heteroatoms. The summed E-state index contributed by atoms with van der Waals surface area (Å²) in [6.45, 7) is 3.73. The van der Waals surface area contributed by atoms with Crippen LogP contribution in [0.15, 0.2) is 28.9 Å². The fourth-order valence-electron chi connectivity index (χ4n) is 1.54. The molecule has 0 fully saturated rings. The van der Waals surface area contributed by atoms with E-state index >= 15 is 0 Å². The van der Waals surface area contributed by atoms with E-state index in [1.54, 1.807) is 0 Å². The Morgan fingerprint density at radius 2 is 2.29 bits per heavy atom. The highest BCUT2D eigenvalue weighted by Crippen LogP contribution is 2.29. The van der Waals surface area contributed by atoms with E-state index in [1.807, 2.05) is 24.4 Å². The highest BCUT2D eigenvalue weighted by molar-refractivity contribution is 9.10. The van der Waals surface area contributed by atoms with Gasteiger partial charge < -0.3 is 10.3 Å². The third-order valence-electron chi connectivity index (χ3n) is 2.39. The van der Waals surface area contributed by atoms with Crippen LogP contribution in [0.25, 0.3) is 11.3 Å². The van der Waals surface area contributed by atoms with Crippen LogP contribution in [0.2, 0.25) is 5.02 Å². The van der Waals surface area contributed by atoms with E-state index in [4.69, 9.17) is 11.6 Å². The molecule has 0 atom stereocenters. The average Bonchev–Trinajstić information content (AvgIpc) is 2.75. The van der Waals surface area contributed by atoms with Crippen LogP contribution in [0.3, 0.4) is 0 Å². The van der Waals surface area contributed by atoms with Gasteiger partial charge in [-0.1, -0.05) is 40.5 Å². The third kappa shape index (κ3) is 3.09. The van der Waals surface area contributed by atoms with Gasteiger partial charge in [-0.2, -0.15) is 0 Å². The molecule has 2 N–H and O–H groups in total. The summed E-state index contributed by atoms with van der Waals surface area (Å²) in [6, 6.07) is 5.81. The monoisotopic (exact) mass is 313 g/mol. The molecule has 1 heterocycles. The topological polar surface area (TPSA) is 40.7 Å². The van der Waals surface area contributed by atoms with Gasteiger partial charge >= 0.3 is 0 Å². The number of hydrogen-bond acceptors (Lipinski definition) is 2. The van der Waals surface area contributed by atoms with Crippen LogP contribution >= 0.6 is 27.5 Å². The highest BCUT2D eigenvalue weighted by atomic mass is 79.9. The van der Waals surface area contributed by atoms with E-state index < -0.39 is 0 Å². The zero-order valence-corrected chi connectivity index (χ0v) is 11.8. The molecule has 0 aliphatic rings. The van der Waals surface area contributed by atoms with Gasteiger partial charge in [0.05, 0.1) is 23.5 Å². The minimum absolute atomic E-state index is 0.707. The lowest BCUT2D eigenvalue weighted by Crippen LogP contribution is -2.12. The first-order valence-corrected chi connectivity index (χ1v) is 6.58. The average molecular weight is 315 g/mol. The molecule has 3 nitrogen and oxygen atoms in total. The Morgan fingerprint density at radius 3 is 3.00 bits per heavy atom. The van der Waals surface area contributed by atoms with Crippen molar-refractivity contribution < 1.29 is 0 Å². The van der Waals surface area contributed by atoms with E-state index in [2.05, 4.69) is 38.1 Å². The standard InChI is InChI=1S/C12H13BrClN3/c1-2-15-7-12-16-6-11(17-12)9-4-3-8(13)5-10(9)14/h3-6,15H,2,7H2,1H3,(H,16,17). The Bertz CT molecular complexity index is 510.